The van der Waals surface area contributed by atoms with Gasteiger partial charge in [0.1, 0.15) is 5.04 Å². The number of nitrogens with zero attached hydrogens (tertiary/aromatic N) is 4. The molecule has 3 heterocycles. The third kappa shape index (κ3) is 4.60. The van der Waals surface area contributed by atoms with E-state index in [1.165, 1.54) is 47.2 Å². The third-order valence-corrected chi connectivity index (χ3v) is 7.07. The summed E-state index contributed by atoms with van der Waals surface area (Å²) in [6.45, 7) is 10.5. The molecule has 0 spiro atoms. The number of thioether (sulfide) groups is 1. The molecule has 0 saturated heterocycles. The van der Waals surface area contributed by atoms with Crippen LogP contribution < -0.4 is 0 Å². The number of amidine groups is 2. The van der Waals surface area contributed by atoms with Gasteiger partial charge in [-0.2, -0.15) is 15.1 Å². The van der Waals surface area contributed by atoms with E-state index < -0.39 is 0 Å². The minimum atomic E-state index is -0.377. The van der Waals surface area contributed by atoms with Crippen molar-refractivity contribution in [1.29, 1.82) is 5.41 Å². The molecular weight excluding hydrogens is 430 g/mol. The fourth-order valence-electron chi connectivity index (χ4n) is 4.35. The molecule has 0 aliphatic carbocycles. The number of hydrogen-bond acceptors (Lipinski definition) is 4. The Bertz CT molecular complexity index is 1220. The zero-order valence-corrected chi connectivity index (χ0v) is 20.8. The molecule has 1 amide bonds. The second kappa shape index (κ2) is 9.51. The van der Waals surface area contributed by atoms with Crippen LogP contribution in [0.4, 0.5) is 0 Å². The van der Waals surface area contributed by atoms with Crippen LogP contribution in [0.1, 0.15) is 67.1 Å². The monoisotopic (exact) mass is 461 g/mol. The smallest absolute Gasteiger partial charge is 0.283 e. The van der Waals surface area contributed by atoms with Gasteiger partial charge >= 0.3 is 0 Å². The topological polar surface area (TPSA) is 73.8 Å². The highest BCUT2D eigenvalue weighted by Crippen LogP contribution is 2.31. The molecule has 4 rings (SSSR count). The molecule has 2 aliphatic heterocycles. The van der Waals surface area contributed by atoms with Gasteiger partial charge in [-0.25, -0.2) is 0 Å². The van der Waals surface area contributed by atoms with Gasteiger partial charge in [-0.15, -0.1) is 0 Å². The number of carbonyl (C=O) groups excluding carboxylic acids is 1. The number of amides is 1. The highest BCUT2D eigenvalue weighted by Gasteiger charge is 2.35. The molecule has 6 nitrogen and oxygen atoms in total. The lowest BCUT2D eigenvalue weighted by molar-refractivity contribution is -0.114. The van der Waals surface area contributed by atoms with E-state index in [2.05, 4.69) is 66.6 Å². The Morgan fingerprint density at radius 2 is 1.88 bits per heavy atom. The molecule has 1 N–H and O–H groups in total. The summed E-state index contributed by atoms with van der Waals surface area (Å²) in [5, 5.41) is 16.2. The van der Waals surface area contributed by atoms with Crippen LogP contribution in [-0.4, -0.2) is 31.5 Å². The largest absolute Gasteiger partial charge is 0.318 e. The molecule has 0 saturated carbocycles. The number of carbonyl (C=O) groups is 1. The number of aromatic nitrogens is 1. The van der Waals surface area contributed by atoms with E-state index in [0.29, 0.717) is 5.17 Å². The first-order valence-corrected chi connectivity index (χ1v) is 12.4. The molecule has 1 aromatic heterocycles. The first-order chi connectivity index (χ1) is 15.8. The lowest BCUT2D eigenvalue weighted by Crippen LogP contribution is -2.35. The first-order valence-electron chi connectivity index (χ1n) is 11.6. The van der Waals surface area contributed by atoms with Gasteiger partial charge in [-0.3, -0.25) is 10.2 Å². The summed E-state index contributed by atoms with van der Waals surface area (Å²) in [6.07, 6.45) is 7.28. The van der Waals surface area contributed by atoms with Crippen LogP contribution in [0.2, 0.25) is 0 Å². The van der Waals surface area contributed by atoms with Gasteiger partial charge in [0.05, 0.1) is 5.57 Å². The number of rotatable bonds is 7. The average Bonchev–Trinajstić information content (AvgIpc) is 3.29. The molecule has 0 radical (unpaired) electrons. The number of hydrazone groups is 1. The number of aryl methyl sites for hydroxylation is 3. The zero-order chi connectivity index (χ0) is 23.7. The van der Waals surface area contributed by atoms with Crippen molar-refractivity contribution in [2.75, 3.05) is 0 Å². The molecule has 2 aliphatic rings. The number of nitrogens with one attached hydrogen (secondary N) is 1. The number of fused-ring (bicyclic) bond motifs is 1. The van der Waals surface area contributed by atoms with Crippen LogP contribution in [0.25, 0.3) is 11.8 Å². The summed E-state index contributed by atoms with van der Waals surface area (Å²) in [6, 6.07) is 8.47. The summed E-state index contributed by atoms with van der Waals surface area (Å²) in [5.41, 5.74) is 6.84. The SMILES string of the molecule is CCCCCCC1=NN2C(=N)C(=Cc3cc(C)n(-c4ccc(C)cc4C)c3C)C(=O)N=C2S1. The number of benzene rings is 1. The quantitative estimate of drug-likeness (QED) is 0.388. The van der Waals surface area contributed by atoms with Gasteiger partial charge in [0.2, 0.25) is 5.17 Å². The Morgan fingerprint density at radius 1 is 1.09 bits per heavy atom. The average molecular weight is 462 g/mol. The van der Waals surface area contributed by atoms with Gasteiger partial charge in [0.25, 0.3) is 5.91 Å². The normalized spacial score (nSPS) is 17.0. The van der Waals surface area contributed by atoms with Crippen molar-refractivity contribution in [3.05, 3.63) is 57.9 Å². The molecule has 2 aromatic rings. The van der Waals surface area contributed by atoms with Gasteiger partial charge in [0, 0.05) is 17.1 Å². The Labute approximate surface area is 200 Å². The van der Waals surface area contributed by atoms with Crippen molar-refractivity contribution in [3.8, 4) is 5.69 Å². The Morgan fingerprint density at radius 3 is 2.61 bits per heavy atom. The summed E-state index contributed by atoms with van der Waals surface area (Å²) < 4.78 is 2.20. The van der Waals surface area contributed by atoms with Crippen LogP contribution in [0.3, 0.4) is 0 Å². The van der Waals surface area contributed by atoms with Gasteiger partial charge in [-0.05, 0) is 81.6 Å². The van der Waals surface area contributed by atoms with Crippen LogP contribution in [0, 0.1) is 33.1 Å². The predicted molar refractivity (Wildman–Crippen MR) is 138 cm³/mol. The minimum Gasteiger partial charge on any atom is -0.318 e. The highest BCUT2D eigenvalue weighted by atomic mass is 32.2. The van der Waals surface area contributed by atoms with Crippen molar-refractivity contribution in [2.24, 2.45) is 10.1 Å². The molecule has 7 heteroatoms. The molecule has 0 bridgehead atoms. The molecule has 172 valence electrons. The second-order valence-electron chi connectivity index (χ2n) is 8.78. The van der Waals surface area contributed by atoms with Crippen molar-refractivity contribution in [2.45, 2.75) is 66.7 Å². The summed E-state index contributed by atoms with van der Waals surface area (Å²) in [5.74, 6) is -0.283. The van der Waals surface area contributed by atoms with E-state index in [1.54, 1.807) is 6.08 Å². The Kier molecular flexibility index (Phi) is 6.70. The van der Waals surface area contributed by atoms with Crippen molar-refractivity contribution < 1.29 is 4.79 Å². The Balaban J connectivity index is 1.62. The van der Waals surface area contributed by atoms with Gasteiger partial charge in [0.15, 0.2) is 5.84 Å². The van der Waals surface area contributed by atoms with E-state index in [0.717, 1.165) is 40.5 Å². The standard InChI is InChI=1S/C26H31N5OS/c1-6-7-8-9-10-23-29-31-24(27)21(25(32)28-26(31)33-23)15-20-14-18(4)30(19(20)5)22-12-11-16(2)13-17(22)3/h11-15,27H,6-10H2,1-5H3. The van der Waals surface area contributed by atoms with Crippen LogP contribution in [0.15, 0.2) is 39.9 Å². The number of aliphatic imine (C=N–C) groups is 1. The van der Waals surface area contributed by atoms with Crippen molar-refractivity contribution >= 4 is 39.8 Å². The van der Waals surface area contributed by atoms with E-state index in [4.69, 9.17) is 5.41 Å². The maximum atomic E-state index is 12.8. The lowest BCUT2D eigenvalue weighted by atomic mass is 10.1. The second-order valence-corrected chi connectivity index (χ2v) is 9.82. The van der Waals surface area contributed by atoms with Crippen molar-refractivity contribution in [1.82, 2.24) is 9.58 Å². The predicted octanol–water partition coefficient (Wildman–Crippen LogP) is 6.30. The fourth-order valence-corrected chi connectivity index (χ4v) is 5.28. The van der Waals surface area contributed by atoms with Gasteiger partial charge < -0.3 is 4.57 Å². The number of unbranched alkanes of at least 4 members (excludes halogenated alkanes) is 3. The van der Waals surface area contributed by atoms with Crippen molar-refractivity contribution in [3.63, 3.8) is 0 Å². The van der Waals surface area contributed by atoms with Crippen LogP contribution in [0.5, 0.6) is 0 Å². The third-order valence-electron chi connectivity index (χ3n) is 6.10. The molecule has 1 aromatic carbocycles. The molecule has 0 unspecified atom stereocenters. The zero-order valence-electron chi connectivity index (χ0n) is 20.0. The van der Waals surface area contributed by atoms with Crippen LogP contribution >= 0.6 is 11.8 Å². The lowest BCUT2D eigenvalue weighted by Gasteiger charge is -2.20. The van der Waals surface area contributed by atoms with Gasteiger partial charge in [-0.1, -0.05) is 43.9 Å². The molecule has 33 heavy (non-hydrogen) atoms. The van der Waals surface area contributed by atoms with E-state index in [-0.39, 0.29) is 17.3 Å². The maximum absolute atomic E-state index is 12.8. The highest BCUT2D eigenvalue weighted by molar-refractivity contribution is 8.26. The van der Waals surface area contributed by atoms with E-state index >= 15 is 0 Å². The first kappa shape index (κ1) is 23.2. The summed E-state index contributed by atoms with van der Waals surface area (Å²) in [7, 11) is 0. The molecule has 0 fully saturated rings. The Hall–Kier alpha value is -2.93. The fraction of sp³-hybridized carbons (Fsp3) is 0.385. The van der Waals surface area contributed by atoms with E-state index in [9.17, 15) is 4.79 Å². The van der Waals surface area contributed by atoms with E-state index in [1.807, 2.05) is 6.92 Å². The van der Waals surface area contributed by atoms with Crippen LogP contribution in [-0.2, 0) is 4.79 Å². The molecular formula is C26H31N5OS. The summed E-state index contributed by atoms with van der Waals surface area (Å²) >= 11 is 1.41. The molecule has 0 atom stereocenters. The maximum Gasteiger partial charge on any atom is 0.283 e. The minimum absolute atomic E-state index is 0.0948. The number of hydrogen-bond donors (Lipinski definition) is 1. The summed E-state index contributed by atoms with van der Waals surface area (Å²) in [4.78, 5) is 17.1.